The number of esters is 1. The van der Waals surface area contributed by atoms with Crippen molar-refractivity contribution in [3.05, 3.63) is 24.5 Å². The predicted molar refractivity (Wildman–Crippen MR) is 243 cm³/mol. The minimum absolute atomic E-state index is 0. The number of Topliss-reactive ketones (excluding diaryl/α,β-unsaturated/α-hetero) is 1. The largest absolute Gasteiger partial charge is 0.455 e. The molecule has 3 fully saturated rings. The molecule has 2 aromatic rings. The van der Waals surface area contributed by atoms with Gasteiger partial charge in [-0.15, -0.1) is 10.2 Å². The van der Waals surface area contributed by atoms with Crippen molar-refractivity contribution in [2.75, 3.05) is 34.3 Å². The Morgan fingerprint density at radius 1 is 1.02 bits per heavy atom. The fraction of sp³-hybridized carbons (Fsp3) is 0.800. The summed E-state index contributed by atoms with van der Waals surface area (Å²) in [5.74, 6) is -2.59. The molecule has 63 heavy (non-hydrogen) atoms. The van der Waals surface area contributed by atoms with Crippen LogP contribution in [0.2, 0.25) is 0 Å². The molecule has 3 aliphatic heterocycles. The number of rotatable bonds is 11. The number of aryl methyl sites for hydroxylation is 1. The SMILES string of the molecule is C.C.C.C.C.CC[C@H]1OC(=O)[C@](C)(F)C(=O)C[C@@H](O[C@@H]2OC(C)CC(N(C)C)C2O)[C@](C)(OC)C[C@@H](C)CN[C@H](C)[C@H]2N(CCCCn3cc(-c4cccnn4)nn3)C(=O)O[C@]12C. The lowest BCUT2D eigenvalue weighted by molar-refractivity contribution is -0.289. The van der Waals surface area contributed by atoms with Gasteiger partial charge in [-0.3, -0.25) is 14.4 Å². The number of aliphatic hydroxyl groups is 1. The number of hydrogen-bond acceptors (Lipinski definition) is 15. The molecule has 12 atom stereocenters. The van der Waals surface area contributed by atoms with Gasteiger partial charge >= 0.3 is 12.1 Å². The quantitative estimate of drug-likeness (QED) is 0.141. The first-order valence-corrected chi connectivity index (χ1v) is 20.4. The van der Waals surface area contributed by atoms with Crippen molar-refractivity contribution in [1.29, 1.82) is 0 Å². The van der Waals surface area contributed by atoms with Crippen LogP contribution in [0.1, 0.15) is 124 Å². The molecule has 0 bridgehead atoms. The molecule has 17 nitrogen and oxygen atoms in total. The molecule has 2 N–H and O–H groups in total. The first-order valence-electron chi connectivity index (χ1n) is 20.4. The summed E-state index contributed by atoms with van der Waals surface area (Å²) in [5.41, 5.74) is -4.50. The molecule has 0 spiro atoms. The van der Waals surface area contributed by atoms with Crippen LogP contribution in [-0.2, 0) is 39.8 Å². The summed E-state index contributed by atoms with van der Waals surface area (Å²) in [7, 11) is 5.19. The van der Waals surface area contributed by atoms with E-state index in [1.54, 1.807) is 54.9 Å². The van der Waals surface area contributed by atoms with Gasteiger partial charge in [0.25, 0.3) is 5.67 Å². The Bertz CT molecular complexity index is 1710. The Hall–Kier alpha value is -3.68. The number of likely N-dealkylation sites (N-methyl/N-ethyl adjacent to an activating group) is 1. The van der Waals surface area contributed by atoms with Gasteiger partial charge in [0, 0.05) is 44.9 Å². The Balaban J connectivity index is 0.00000769. The summed E-state index contributed by atoms with van der Waals surface area (Å²) in [6.07, 6.45) is -0.238. The van der Waals surface area contributed by atoms with Gasteiger partial charge in [-0.05, 0) is 105 Å². The van der Waals surface area contributed by atoms with Crippen LogP contribution in [0.3, 0.4) is 0 Å². The molecule has 3 unspecified atom stereocenters. The highest BCUT2D eigenvalue weighted by atomic mass is 19.1. The number of fused-ring (bicyclic) bond motifs is 1. The normalized spacial score (nSPS) is 34.0. The van der Waals surface area contributed by atoms with Gasteiger partial charge in [0.05, 0.1) is 30.0 Å². The topological polar surface area (TPSA) is 193 Å². The van der Waals surface area contributed by atoms with E-state index in [1.165, 1.54) is 7.11 Å². The van der Waals surface area contributed by atoms with Crippen LogP contribution in [0.15, 0.2) is 24.5 Å². The lowest BCUT2D eigenvalue weighted by Gasteiger charge is -2.45. The third kappa shape index (κ3) is 13.2. The van der Waals surface area contributed by atoms with Crippen molar-refractivity contribution in [3.63, 3.8) is 0 Å². The van der Waals surface area contributed by atoms with E-state index in [0.29, 0.717) is 56.7 Å². The number of aliphatic hydroxyl groups excluding tert-OH is 1. The number of aromatic nitrogens is 5. The van der Waals surface area contributed by atoms with E-state index < -0.39 is 77.8 Å². The Labute approximate surface area is 377 Å². The summed E-state index contributed by atoms with van der Waals surface area (Å²) >= 11 is 0. The zero-order chi connectivity index (χ0) is 42.6. The summed E-state index contributed by atoms with van der Waals surface area (Å²) in [6.45, 7) is 13.2. The molecule has 0 radical (unpaired) electrons. The van der Waals surface area contributed by atoms with Gasteiger partial charge in [0.1, 0.15) is 23.6 Å². The van der Waals surface area contributed by atoms with E-state index in [-0.39, 0.29) is 61.6 Å². The van der Waals surface area contributed by atoms with Crippen LogP contribution in [0.4, 0.5) is 9.18 Å². The molecule has 18 heteroatoms. The highest BCUT2D eigenvalue weighted by Crippen LogP contribution is 2.40. The number of hydrogen-bond donors (Lipinski definition) is 2. The third-order valence-corrected chi connectivity index (χ3v) is 12.1. The second-order valence-electron chi connectivity index (χ2n) is 17.0. The number of carbonyl (C=O) groups is 3. The number of carbonyl (C=O) groups excluding carboxylic acids is 3. The number of ketones is 1. The van der Waals surface area contributed by atoms with Gasteiger partial charge in [-0.2, -0.15) is 5.10 Å². The lowest BCUT2D eigenvalue weighted by atomic mass is 9.83. The Morgan fingerprint density at radius 2 is 1.68 bits per heavy atom. The molecule has 1 amide bonds. The fourth-order valence-electron chi connectivity index (χ4n) is 8.66. The van der Waals surface area contributed by atoms with Crippen molar-refractivity contribution in [2.24, 2.45) is 5.92 Å². The van der Waals surface area contributed by atoms with Crippen molar-refractivity contribution >= 4 is 17.8 Å². The van der Waals surface area contributed by atoms with Gasteiger partial charge in [0.2, 0.25) is 0 Å². The number of ether oxygens (including phenoxy) is 5. The zero-order valence-electron chi connectivity index (χ0n) is 35.6. The van der Waals surface area contributed by atoms with Crippen molar-refractivity contribution in [3.8, 4) is 11.4 Å². The summed E-state index contributed by atoms with van der Waals surface area (Å²) in [5, 5.41) is 31.3. The van der Waals surface area contributed by atoms with E-state index in [2.05, 4.69) is 25.8 Å². The first kappa shape index (κ1) is 59.3. The second kappa shape index (κ2) is 24.6. The van der Waals surface area contributed by atoms with E-state index >= 15 is 4.39 Å². The Morgan fingerprint density at radius 3 is 2.29 bits per heavy atom. The summed E-state index contributed by atoms with van der Waals surface area (Å²) in [4.78, 5) is 45.0. The number of unbranched alkanes of at least 4 members (excludes halogenated alkanes) is 1. The smallest absolute Gasteiger partial charge is 0.410 e. The van der Waals surface area contributed by atoms with Gasteiger partial charge in [-0.25, -0.2) is 14.0 Å². The molecular weight excluding hydrogens is 816 g/mol. The van der Waals surface area contributed by atoms with Gasteiger partial charge in [-0.1, -0.05) is 56.2 Å². The molecule has 5 heterocycles. The predicted octanol–water partition coefficient (Wildman–Crippen LogP) is 6.52. The van der Waals surface area contributed by atoms with E-state index in [4.69, 9.17) is 23.7 Å². The van der Waals surface area contributed by atoms with Gasteiger partial charge in [0.15, 0.2) is 17.7 Å². The number of cyclic esters (lactones) is 1. The van der Waals surface area contributed by atoms with Crippen LogP contribution in [0.5, 0.6) is 0 Å². The lowest BCUT2D eigenvalue weighted by Crippen LogP contribution is -2.61. The summed E-state index contributed by atoms with van der Waals surface area (Å²) < 4.78 is 48.9. The van der Waals surface area contributed by atoms with Crippen molar-refractivity contribution in [1.82, 2.24) is 40.3 Å². The number of nitrogens with zero attached hydrogens (tertiary/aromatic N) is 7. The van der Waals surface area contributed by atoms with Crippen molar-refractivity contribution in [2.45, 2.75) is 196 Å². The highest BCUT2D eigenvalue weighted by Gasteiger charge is 2.59. The molecule has 3 saturated heterocycles. The number of alkyl halides is 1. The zero-order valence-corrected chi connectivity index (χ0v) is 35.6. The molecule has 0 aromatic carbocycles. The monoisotopic (exact) mass is 899 g/mol. The van der Waals surface area contributed by atoms with E-state index in [1.807, 2.05) is 39.8 Å². The highest BCUT2D eigenvalue weighted by molar-refractivity contribution is 6.07. The maximum absolute atomic E-state index is 16.7. The van der Waals surface area contributed by atoms with E-state index in [9.17, 15) is 19.5 Å². The molecular formula is C45H83FN8O9. The number of halogens is 1. The van der Waals surface area contributed by atoms with Crippen LogP contribution >= 0.6 is 0 Å². The third-order valence-electron chi connectivity index (χ3n) is 12.1. The fourth-order valence-corrected chi connectivity index (χ4v) is 8.66. The molecule has 0 saturated carbocycles. The van der Waals surface area contributed by atoms with Crippen molar-refractivity contribution < 1.29 is 47.6 Å². The standard InChI is InChI=1S/C40H63FN8O9.5CH4/c1-11-31-40(7)34(49(37(53)58-40)18-13-12-17-48-23-28(45-46-48)27-15-14-16-43-44-27)26(4)42-22-24(2)21-38(5,54-10)32(20-30(50)39(6,41)36(52)57-31)56-35-33(51)29(47(8)9)19-25(3)55-35;;;;;/h14-16,23-26,29,31-35,42,51H,11-13,17-22H2,1-10H3;5*1H4/t24-,25?,26-,29?,31-,32-,33?,34-,35+,38-,39-,40-;;;;;/m1...../s1. The summed E-state index contributed by atoms with van der Waals surface area (Å²) in [6, 6.07) is 2.24. The maximum atomic E-state index is 16.7. The van der Waals surface area contributed by atoms with Crippen LogP contribution < -0.4 is 5.32 Å². The molecule has 2 aromatic heterocycles. The molecule has 5 rings (SSSR count). The van der Waals surface area contributed by atoms with E-state index in [0.717, 1.165) is 6.92 Å². The van der Waals surface area contributed by atoms with Crippen LogP contribution in [-0.4, -0.2) is 158 Å². The van der Waals surface area contributed by atoms with Crippen LogP contribution in [0.25, 0.3) is 11.4 Å². The minimum Gasteiger partial charge on any atom is -0.455 e. The minimum atomic E-state index is -3.10. The number of amides is 1. The maximum Gasteiger partial charge on any atom is 0.410 e. The van der Waals surface area contributed by atoms with Crippen LogP contribution in [0, 0.1) is 5.92 Å². The van der Waals surface area contributed by atoms with Gasteiger partial charge < -0.3 is 39.0 Å². The first-order chi connectivity index (χ1) is 27.3. The number of nitrogens with one attached hydrogen (secondary N) is 1. The molecule has 3 aliphatic rings. The number of methoxy groups -OCH3 is 1. The molecule has 364 valence electrons. The molecule has 0 aliphatic carbocycles. The second-order valence-corrected chi connectivity index (χ2v) is 17.0. The Kier molecular flexibility index (Phi) is 23.1. The average molecular weight is 899 g/mol. The average Bonchev–Trinajstić information content (AvgIpc) is 3.76.